The molecule has 0 radical (unpaired) electrons. The lowest BCUT2D eigenvalue weighted by molar-refractivity contribution is -0.145. The predicted molar refractivity (Wildman–Crippen MR) is 79.6 cm³/mol. The van der Waals surface area contributed by atoms with Crippen molar-refractivity contribution in [3.63, 3.8) is 0 Å². The SMILES string of the molecule is COC(=O)[C@H]1CCCN1C(=O)c1ccn(-c2ccccc2F)n1. The molecule has 120 valence electrons. The second-order valence-electron chi connectivity index (χ2n) is 5.28. The number of rotatable bonds is 3. The van der Waals surface area contributed by atoms with Gasteiger partial charge in [-0.2, -0.15) is 5.10 Å². The lowest BCUT2D eigenvalue weighted by Gasteiger charge is -2.21. The minimum Gasteiger partial charge on any atom is -0.467 e. The van der Waals surface area contributed by atoms with E-state index in [-0.39, 0.29) is 17.3 Å². The van der Waals surface area contributed by atoms with Crippen molar-refractivity contribution in [3.8, 4) is 5.69 Å². The van der Waals surface area contributed by atoms with Gasteiger partial charge in [-0.05, 0) is 31.0 Å². The van der Waals surface area contributed by atoms with Crippen molar-refractivity contribution in [3.05, 3.63) is 48.0 Å². The maximum atomic E-state index is 13.8. The highest BCUT2D eigenvalue weighted by Crippen LogP contribution is 2.21. The lowest BCUT2D eigenvalue weighted by Crippen LogP contribution is -2.41. The van der Waals surface area contributed by atoms with Crippen LogP contribution in [0.5, 0.6) is 0 Å². The Labute approximate surface area is 132 Å². The zero-order valence-corrected chi connectivity index (χ0v) is 12.6. The Morgan fingerprint density at radius 1 is 1.30 bits per heavy atom. The van der Waals surface area contributed by atoms with Gasteiger partial charge in [0.2, 0.25) is 0 Å². The number of halogens is 1. The quantitative estimate of drug-likeness (QED) is 0.810. The number of hydrogen-bond donors (Lipinski definition) is 0. The van der Waals surface area contributed by atoms with Gasteiger partial charge in [0, 0.05) is 12.7 Å². The molecule has 0 bridgehead atoms. The van der Waals surface area contributed by atoms with Crippen LogP contribution in [0.1, 0.15) is 23.3 Å². The van der Waals surface area contributed by atoms with Crippen LogP contribution in [0, 0.1) is 5.82 Å². The van der Waals surface area contributed by atoms with Gasteiger partial charge in [0.15, 0.2) is 5.69 Å². The summed E-state index contributed by atoms with van der Waals surface area (Å²) in [5.74, 6) is -1.21. The molecule has 2 heterocycles. The molecule has 0 spiro atoms. The molecule has 1 aromatic carbocycles. The number of benzene rings is 1. The first-order valence-corrected chi connectivity index (χ1v) is 7.31. The van der Waals surface area contributed by atoms with E-state index >= 15 is 0 Å². The molecule has 0 aliphatic carbocycles. The van der Waals surface area contributed by atoms with Gasteiger partial charge < -0.3 is 9.64 Å². The van der Waals surface area contributed by atoms with Crippen molar-refractivity contribution in [2.45, 2.75) is 18.9 Å². The van der Waals surface area contributed by atoms with Gasteiger partial charge in [0.1, 0.15) is 17.5 Å². The minimum absolute atomic E-state index is 0.170. The second-order valence-corrected chi connectivity index (χ2v) is 5.28. The van der Waals surface area contributed by atoms with Crippen molar-refractivity contribution in [1.29, 1.82) is 0 Å². The van der Waals surface area contributed by atoms with Gasteiger partial charge in [-0.1, -0.05) is 12.1 Å². The number of amides is 1. The van der Waals surface area contributed by atoms with Crippen molar-refractivity contribution < 1.29 is 18.7 Å². The average Bonchev–Trinajstić information content (AvgIpc) is 3.23. The number of hydrogen-bond acceptors (Lipinski definition) is 4. The van der Waals surface area contributed by atoms with E-state index < -0.39 is 17.8 Å². The third-order valence-corrected chi connectivity index (χ3v) is 3.89. The molecule has 1 amide bonds. The molecular formula is C16H16FN3O3. The molecule has 2 aromatic rings. The predicted octanol–water partition coefficient (Wildman–Crippen LogP) is 1.79. The first-order valence-electron chi connectivity index (χ1n) is 7.31. The smallest absolute Gasteiger partial charge is 0.328 e. The summed E-state index contributed by atoms with van der Waals surface area (Å²) in [5, 5.41) is 4.14. The summed E-state index contributed by atoms with van der Waals surface area (Å²) in [4.78, 5) is 25.8. The zero-order chi connectivity index (χ0) is 16.4. The maximum absolute atomic E-state index is 13.8. The highest BCUT2D eigenvalue weighted by atomic mass is 19.1. The fourth-order valence-electron chi connectivity index (χ4n) is 2.75. The molecule has 0 unspecified atom stereocenters. The zero-order valence-electron chi connectivity index (χ0n) is 12.6. The summed E-state index contributed by atoms with van der Waals surface area (Å²) in [5.41, 5.74) is 0.432. The maximum Gasteiger partial charge on any atom is 0.328 e. The molecule has 1 aromatic heterocycles. The van der Waals surface area contributed by atoms with Crippen LogP contribution in [0.3, 0.4) is 0 Å². The van der Waals surface area contributed by atoms with Crippen LogP contribution in [-0.4, -0.2) is 46.3 Å². The fourth-order valence-corrected chi connectivity index (χ4v) is 2.75. The first-order chi connectivity index (χ1) is 11.1. The van der Waals surface area contributed by atoms with Crippen molar-refractivity contribution >= 4 is 11.9 Å². The molecule has 1 saturated heterocycles. The molecular weight excluding hydrogens is 301 g/mol. The van der Waals surface area contributed by atoms with Crippen LogP contribution < -0.4 is 0 Å². The number of aromatic nitrogens is 2. The summed E-state index contributed by atoms with van der Waals surface area (Å²) in [6.45, 7) is 0.477. The summed E-state index contributed by atoms with van der Waals surface area (Å²) < 4.78 is 19.8. The second kappa shape index (κ2) is 6.20. The van der Waals surface area contributed by atoms with Gasteiger partial charge in [0.25, 0.3) is 5.91 Å². The summed E-state index contributed by atoms with van der Waals surface area (Å²) in [6, 6.07) is 7.11. The third-order valence-electron chi connectivity index (χ3n) is 3.89. The van der Waals surface area contributed by atoms with Gasteiger partial charge in [-0.15, -0.1) is 0 Å². The molecule has 1 fully saturated rings. The lowest BCUT2D eigenvalue weighted by atomic mass is 10.2. The standard InChI is InChI=1S/C16H16FN3O3/c1-23-16(22)14-7-4-9-19(14)15(21)12-8-10-20(18-12)13-6-3-2-5-11(13)17/h2-3,5-6,8,10,14H,4,7,9H2,1H3/t14-/m1/s1. The van der Waals surface area contributed by atoms with E-state index in [4.69, 9.17) is 4.74 Å². The number of nitrogens with zero attached hydrogens (tertiary/aromatic N) is 3. The molecule has 23 heavy (non-hydrogen) atoms. The van der Waals surface area contributed by atoms with Gasteiger partial charge in [-0.3, -0.25) is 4.79 Å². The summed E-state index contributed by atoms with van der Waals surface area (Å²) in [7, 11) is 1.30. The number of methoxy groups -OCH3 is 1. The van der Waals surface area contributed by atoms with Crippen LogP contribution in [0.25, 0.3) is 5.69 Å². The highest BCUT2D eigenvalue weighted by Gasteiger charge is 2.36. The number of ether oxygens (including phenoxy) is 1. The van der Waals surface area contributed by atoms with Crippen LogP contribution >= 0.6 is 0 Å². The molecule has 3 rings (SSSR count). The van der Waals surface area contributed by atoms with Crippen molar-refractivity contribution in [2.75, 3.05) is 13.7 Å². The van der Waals surface area contributed by atoms with Gasteiger partial charge in [0.05, 0.1) is 7.11 Å². The van der Waals surface area contributed by atoms with Crippen LogP contribution in [0.15, 0.2) is 36.5 Å². The van der Waals surface area contributed by atoms with Crippen LogP contribution in [-0.2, 0) is 9.53 Å². The van der Waals surface area contributed by atoms with Gasteiger partial charge in [-0.25, -0.2) is 13.9 Å². The average molecular weight is 317 g/mol. The Balaban J connectivity index is 1.84. The summed E-state index contributed by atoms with van der Waals surface area (Å²) >= 11 is 0. The number of para-hydroxylation sites is 1. The Bertz CT molecular complexity index is 744. The van der Waals surface area contributed by atoms with E-state index in [2.05, 4.69) is 5.10 Å². The number of esters is 1. The van der Waals surface area contributed by atoms with Crippen LogP contribution in [0.4, 0.5) is 4.39 Å². The molecule has 0 N–H and O–H groups in total. The highest BCUT2D eigenvalue weighted by molar-refractivity contribution is 5.95. The number of likely N-dealkylation sites (tertiary alicyclic amines) is 1. The minimum atomic E-state index is -0.578. The first kappa shape index (κ1) is 15.2. The Morgan fingerprint density at radius 3 is 2.83 bits per heavy atom. The monoisotopic (exact) mass is 317 g/mol. The number of carbonyl (C=O) groups is 2. The van der Waals surface area contributed by atoms with E-state index in [1.807, 2.05) is 0 Å². The van der Waals surface area contributed by atoms with E-state index in [0.717, 1.165) is 6.42 Å². The molecule has 1 atom stereocenters. The Hall–Kier alpha value is -2.70. The number of carbonyl (C=O) groups excluding carboxylic acids is 2. The van der Waals surface area contributed by atoms with Crippen molar-refractivity contribution in [2.24, 2.45) is 0 Å². The normalized spacial score (nSPS) is 17.3. The molecule has 6 nitrogen and oxygen atoms in total. The van der Waals surface area contributed by atoms with Gasteiger partial charge >= 0.3 is 5.97 Å². The Kier molecular flexibility index (Phi) is 4.10. The fraction of sp³-hybridized carbons (Fsp3) is 0.312. The van der Waals surface area contributed by atoms with E-state index in [0.29, 0.717) is 13.0 Å². The molecule has 1 aliphatic heterocycles. The largest absolute Gasteiger partial charge is 0.467 e. The third kappa shape index (κ3) is 2.81. The molecule has 0 saturated carbocycles. The van der Waals surface area contributed by atoms with Crippen LogP contribution in [0.2, 0.25) is 0 Å². The topological polar surface area (TPSA) is 64.4 Å². The molecule has 7 heteroatoms. The van der Waals surface area contributed by atoms with E-state index in [1.54, 1.807) is 18.2 Å². The van der Waals surface area contributed by atoms with Crippen molar-refractivity contribution in [1.82, 2.24) is 14.7 Å². The Morgan fingerprint density at radius 2 is 2.09 bits per heavy atom. The molecule has 1 aliphatic rings. The van der Waals surface area contributed by atoms with E-state index in [1.165, 1.54) is 35.0 Å². The summed E-state index contributed by atoms with van der Waals surface area (Å²) in [6.07, 6.45) is 2.83. The van der Waals surface area contributed by atoms with E-state index in [9.17, 15) is 14.0 Å².